The molecule has 3 unspecified atom stereocenters. The van der Waals surface area contributed by atoms with E-state index in [9.17, 15) is 20.1 Å². The van der Waals surface area contributed by atoms with Gasteiger partial charge in [-0.25, -0.2) is 0 Å². The zero-order chi connectivity index (χ0) is 46.5. The number of hydrogen-bond donors (Lipinski definition) is 4. The van der Waals surface area contributed by atoms with E-state index in [0.717, 1.165) is 32.1 Å². The first-order valence-corrected chi connectivity index (χ1v) is 29.1. The summed E-state index contributed by atoms with van der Waals surface area (Å²) in [6, 6.07) is -0.759. The predicted molar refractivity (Wildman–Crippen MR) is 282 cm³/mol. The van der Waals surface area contributed by atoms with Crippen LogP contribution in [0.5, 0.6) is 0 Å². The standard InChI is InChI=1S/C59H115NO4/c1-3-5-7-9-11-13-15-17-19-21-23-25-27-29-30-32-34-36-38-40-42-44-46-48-50-52-56(62)54-59(64)60-57(55-61)58(63)53-51-49-47-45-43-41-39-37-35-33-31-28-26-24-22-20-18-16-14-12-10-8-6-4-2/h43,45,51,53,56-58,61-63H,3-42,44,46-50,52,54-55H2,1-2H3,(H,60,64)/b45-43+,53-51+. The third-order valence-corrected chi connectivity index (χ3v) is 13.7. The summed E-state index contributed by atoms with van der Waals surface area (Å²) in [5.41, 5.74) is 0. The Balaban J connectivity index is 3.57. The Bertz CT molecular complexity index is 951. The van der Waals surface area contributed by atoms with Crippen LogP contribution in [0.4, 0.5) is 0 Å². The Morgan fingerprint density at radius 3 is 1.00 bits per heavy atom. The number of aliphatic hydroxyl groups excluding tert-OH is 3. The number of allylic oxidation sites excluding steroid dienone is 3. The summed E-state index contributed by atoms with van der Waals surface area (Å²) in [4.78, 5) is 12.5. The average Bonchev–Trinajstić information content (AvgIpc) is 3.29. The highest BCUT2D eigenvalue weighted by molar-refractivity contribution is 5.76. The molecule has 0 aliphatic rings. The highest BCUT2D eigenvalue weighted by atomic mass is 16.3. The molecule has 64 heavy (non-hydrogen) atoms. The van der Waals surface area contributed by atoms with E-state index < -0.39 is 18.2 Å². The van der Waals surface area contributed by atoms with Crippen molar-refractivity contribution in [2.75, 3.05) is 6.61 Å². The molecular weight excluding hydrogens is 787 g/mol. The lowest BCUT2D eigenvalue weighted by molar-refractivity contribution is -0.124. The third-order valence-electron chi connectivity index (χ3n) is 13.7. The first-order valence-electron chi connectivity index (χ1n) is 29.1. The van der Waals surface area contributed by atoms with Gasteiger partial charge in [0.2, 0.25) is 5.91 Å². The lowest BCUT2D eigenvalue weighted by Crippen LogP contribution is -2.45. The Hall–Kier alpha value is -1.17. The highest BCUT2D eigenvalue weighted by Crippen LogP contribution is 2.18. The van der Waals surface area contributed by atoms with Gasteiger partial charge in [-0.05, 0) is 32.1 Å². The molecule has 3 atom stereocenters. The second-order valence-corrected chi connectivity index (χ2v) is 20.3. The number of unbranched alkanes of at least 4 members (excludes halogenated alkanes) is 43. The maximum Gasteiger partial charge on any atom is 0.222 e. The molecule has 5 heteroatoms. The van der Waals surface area contributed by atoms with Gasteiger partial charge in [0.25, 0.3) is 0 Å². The van der Waals surface area contributed by atoms with Crippen molar-refractivity contribution in [2.45, 2.75) is 340 Å². The molecule has 0 aromatic heterocycles. The average molecular weight is 903 g/mol. The molecule has 0 spiro atoms. The van der Waals surface area contributed by atoms with Crippen LogP contribution in [-0.2, 0) is 4.79 Å². The molecule has 0 saturated carbocycles. The van der Waals surface area contributed by atoms with E-state index in [4.69, 9.17) is 0 Å². The first-order chi connectivity index (χ1) is 31.5. The number of rotatable bonds is 54. The molecule has 0 aliphatic heterocycles. The number of amides is 1. The fraction of sp³-hybridized carbons (Fsp3) is 0.915. The van der Waals surface area contributed by atoms with Crippen molar-refractivity contribution in [3.8, 4) is 0 Å². The molecule has 0 heterocycles. The van der Waals surface area contributed by atoms with Crippen LogP contribution in [0.25, 0.3) is 0 Å². The number of carbonyl (C=O) groups excluding carboxylic acids is 1. The summed E-state index contributed by atoms with van der Waals surface area (Å²) in [7, 11) is 0. The number of carbonyl (C=O) groups is 1. The molecule has 0 radical (unpaired) electrons. The molecular formula is C59H115NO4. The normalized spacial score (nSPS) is 13.4. The maximum atomic E-state index is 12.5. The summed E-state index contributed by atoms with van der Waals surface area (Å²) in [6.45, 7) is 4.25. The Morgan fingerprint density at radius 2 is 0.672 bits per heavy atom. The summed E-state index contributed by atoms with van der Waals surface area (Å²) in [5, 5.41) is 33.5. The van der Waals surface area contributed by atoms with Crippen molar-refractivity contribution in [3.63, 3.8) is 0 Å². The smallest absolute Gasteiger partial charge is 0.222 e. The van der Waals surface area contributed by atoms with Crippen molar-refractivity contribution in [3.05, 3.63) is 24.3 Å². The largest absolute Gasteiger partial charge is 0.394 e. The van der Waals surface area contributed by atoms with Crippen LogP contribution in [0.1, 0.15) is 322 Å². The highest BCUT2D eigenvalue weighted by Gasteiger charge is 2.20. The van der Waals surface area contributed by atoms with E-state index in [1.165, 1.54) is 263 Å². The van der Waals surface area contributed by atoms with Gasteiger partial charge in [0, 0.05) is 0 Å². The van der Waals surface area contributed by atoms with E-state index in [-0.39, 0.29) is 18.9 Å². The quantitative estimate of drug-likeness (QED) is 0.0362. The molecule has 0 rings (SSSR count). The number of hydrogen-bond acceptors (Lipinski definition) is 4. The molecule has 1 amide bonds. The molecule has 0 fully saturated rings. The van der Waals surface area contributed by atoms with Crippen LogP contribution in [-0.4, -0.2) is 46.1 Å². The van der Waals surface area contributed by atoms with Gasteiger partial charge >= 0.3 is 0 Å². The Labute approximate surface area is 401 Å². The summed E-state index contributed by atoms with van der Waals surface area (Å²) in [6.07, 6.45) is 69.5. The topological polar surface area (TPSA) is 89.8 Å². The van der Waals surface area contributed by atoms with Crippen LogP contribution in [0.3, 0.4) is 0 Å². The Kier molecular flexibility index (Phi) is 53.4. The van der Waals surface area contributed by atoms with Gasteiger partial charge in [0.05, 0.1) is 31.3 Å². The molecule has 380 valence electrons. The van der Waals surface area contributed by atoms with Crippen LogP contribution in [0.2, 0.25) is 0 Å². The zero-order valence-electron chi connectivity index (χ0n) is 43.4. The van der Waals surface area contributed by atoms with Crippen molar-refractivity contribution >= 4 is 5.91 Å². The fourth-order valence-corrected chi connectivity index (χ4v) is 9.30. The first kappa shape index (κ1) is 62.8. The minimum atomic E-state index is -0.950. The van der Waals surface area contributed by atoms with E-state index in [0.29, 0.717) is 6.42 Å². The van der Waals surface area contributed by atoms with Crippen molar-refractivity contribution in [1.82, 2.24) is 5.32 Å². The van der Waals surface area contributed by atoms with Gasteiger partial charge in [0.15, 0.2) is 0 Å². The summed E-state index contributed by atoms with van der Waals surface area (Å²) >= 11 is 0. The third kappa shape index (κ3) is 50.2. The monoisotopic (exact) mass is 902 g/mol. The molecule has 0 aliphatic carbocycles. The number of nitrogens with one attached hydrogen (secondary N) is 1. The van der Waals surface area contributed by atoms with E-state index in [2.05, 4.69) is 31.3 Å². The van der Waals surface area contributed by atoms with Crippen LogP contribution in [0, 0.1) is 0 Å². The van der Waals surface area contributed by atoms with Gasteiger partial charge in [-0.3, -0.25) is 4.79 Å². The van der Waals surface area contributed by atoms with Gasteiger partial charge in [-0.15, -0.1) is 0 Å². The molecule has 0 bridgehead atoms. The van der Waals surface area contributed by atoms with Gasteiger partial charge in [-0.1, -0.05) is 308 Å². The van der Waals surface area contributed by atoms with Gasteiger partial charge < -0.3 is 20.6 Å². The number of aliphatic hydroxyl groups is 3. The molecule has 5 nitrogen and oxygen atoms in total. The van der Waals surface area contributed by atoms with Crippen molar-refractivity contribution in [1.29, 1.82) is 0 Å². The van der Waals surface area contributed by atoms with E-state index in [1.54, 1.807) is 6.08 Å². The molecule has 0 aromatic rings. The second-order valence-electron chi connectivity index (χ2n) is 20.3. The minimum absolute atomic E-state index is 0.0105. The van der Waals surface area contributed by atoms with E-state index in [1.807, 2.05) is 6.08 Å². The van der Waals surface area contributed by atoms with Crippen molar-refractivity contribution < 1.29 is 20.1 Å². The summed E-state index contributed by atoms with van der Waals surface area (Å²) < 4.78 is 0. The molecule has 0 aromatic carbocycles. The van der Waals surface area contributed by atoms with Crippen LogP contribution < -0.4 is 5.32 Å². The van der Waals surface area contributed by atoms with Crippen LogP contribution in [0.15, 0.2) is 24.3 Å². The lowest BCUT2D eigenvalue weighted by Gasteiger charge is -2.21. The fourth-order valence-electron chi connectivity index (χ4n) is 9.30. The minimum Gasteiger partial charge on any atom is -0.394 e. The SMILES string of the molecule is CCCCCCCCCCCCCCCCCCCC/C=C/CC/C=C/C(O)C(CO)NC(=O)CC(O)CCCCCCCCCCCCCCCCCCCCCCCCCCC. The van der Waals surface area contributed by atoms with Gasteiger partial charge in [-0.2, -0.15) is 0 Å². The zero-order valence-corrected chi connectivity index (χ0v) is 43.4. The van der Waals surface area contributed by atoms with Crippen molar-refractivity contribution in [2.24, 2.45) is 0 Å². The maximum absolute atomic E-state index is 12.5. The van der Waals surface area contributed by atoms with Crippen LogP contribution >= 0.6 is 0 Å². The molecule has 4 N–H and O–H groups in total. The second kappa shape index (κ2) is 54.4. The van der Waals surface area contributed by atoms with E-state index >= 15 is 0 Å². The van der Waals surface area contributed by atoms with Gasteiger partial charge in [0.1, 0.15) is 0 Å². The molecule has 0 saturated heterocycles. The lowest BCUT2D eigenvalue weighted by atomic mass is 10.0. The summed E-state index contributed by atoms with van der Waals surface area (Å²) in [5.74, 6) is -0.318. The Morgan fingerprint density at radius 1 is 0.391 bits per heavy atom. The predicted octanol–water partition coefficient (Wildman–Crippen LogP) is 18.1.